The van der Waals surface area contributed by atoms with Crippen molar-refractivity contribution in [1.29, 1.82) is 0 Å². The third-order valence-corrected chi connectivity index (χ3v) is 1.23. The summed E-state index contributed by atoms with van der Waals surface area (Å²) in [4.78, 5) is 0. The molecule has 0 amide bonds. The van der Waals surface area contributed by atoms with E-state index in [1.807, 2.05) is 0 Å². The summed E-state index contributed by atoms with van der Waals surface area (Å²) in [5.74, 6) is 0. The van der Waals surface area contributed by atoms with Crippen LogP contribution in [0.1, 0.15) is 15.2 Å². The zero-order chi connectivity index (χ0) is 8.48. The van der Waals surface area contributed by atoms with Crippen molar-refractivity contribution in [2.75, 3.05) is 5.73 Å². The number of nitrogen functional groups attached to an aromatic ring is 1. The Morgan fingerprint density at radius 1 is 1.56 bits per heavy atom. The summed E-state index contributed by atoms with van der Waals surface area (Å²) in [6.07, 6.45) is -1.34. The predicted molar refractivity (Wildman–Crippen MR) is 40.2 cm³/mol. The minimum absolute atomic E-state index is 0.514. The quantitative estimate of drug-likeness (QED) is 0.566. The minimum Gasteiger partial charge on any atom is -0.399 e. The third kappa shape index (κ3) is 1.22. The van der Waals surface area contributed by atoms with Crippen LogP contribution < -0.4 is 5.73 Å². The molecule has 48 valence electrons. The number of aryl methyl sites for hydroxylation is 1. The molecule has 0 spiro atoms. The monoisotopic (exact) mass is 123 g/mol. The zero-order valence-electron chi connectivity index (χ0n) is 7.39. The third-order valence-electron chi connectivity index (χ3n) is 1.23. The van der Waals surface area contributed by atoms with Gasteiger partial charge in [0.1, 0.15) is 0 Å². The van der Waals surface area contributed by atoms with Crippen LogP contribution >= 0.6 is 0 Å². The second-order valence-corrected chi connectivity index (χ2v) is 1.84. The predicted octanol–water partition coefficient (Wildman–Crippen LogP) is 1.83. The molecule has 0 atom stereocenters. The van der Waals surface area contributed by atoms with Crippen LogP contribution in [0.25, 0.3) is 0 Å². The standard InChI is InChI=1S/C8H11N/c1-2-7-5-3-4-6-8(7)9/h3-6H,2,9H2,1H3/i2D2. The van der Waals surface area contributed by atoms with Crippen LogP contribution in [0, 0.1) is 0 Å². The van der Waals surface area contributed by atoms with Gasteiger partial charge in [-0.05, 0) is 18.0 Å². The van der Waals surface area contributed by atoms with E-state index in [1.165, 1.54) is 6.92 Å². The van der Waals surface area contributed by atoms with Gasteiger partial charge in [0, 0.05) is 8.43 Å². The van der Waals surface area contributed by atoms with E-state index >= 15 is 0 Å². The van der Waals surface area contributed by atoms with Crippen LogP contribution in [-0.4, -0.2) is 0 Å². The molecule has 0 heterocycles. The van der Waals surface area contributed by atoms with Crippen LogP contribution in [0.4, 0.5) is 5.69 Å². The van der Waals surface area contributed by atoms with Crippen molar-refractivity contribution in [2.24, 2.45) is 0 Å². The highest BCUT2D eigenvalue weighted by atomic mass is 14.5. The molecule has 2 N–H and O–H groups in total. The molecule has 1 aromatic carbocycles. The van der Waals surface area contributed by atoms with Gasteiger partial charge >= 0.3 is 0 Å². The van der Waals surface area contributed by atoms with Crippen LogP contribution in [0.5, 0.6) is 0 Å². The van der Waals surface area contributed by atoms with E-state index in [1.54, 1.807) is 24.3 Å². The van der Waals surface area contributed by atoms with Crippen molar-refractivity contribution in [3.8, 4) is 0 Å². The Morgan fingerprint density at radius 2 is 2.22 bits per heavy atom. The van der Waals surface area contributed by atoms with E-state index in [0.717, 1.165) is 0 Å². The minimum atomic E-state index is -1.34. The SMILES string of the molecule is [2H]C([2H])(C)c1ccccc1N. The number of anilines is 1. The topological polar surface area (TPSA) is 26.0 Å². The lowest BCUT2D eigenvalue weighted by molar-refractivity contribution is 1.14. The molecule has 1 heteroatoms. The van der Waals surface area contributed by atoms with Crippen molar-refractivity contribution in [3.63, 3.8) is 0 Å². The Labute approximate surface area is 58.3 Å². The van der Waals surface area contributed by atoms with Crippen LogP contribution in [0.15, 0.2) is 24.3 Å². The first-order chi connectivity index (χ1) is 5.02. The highest BCUT2D eigenvalue weighted by Crippen LogP contribution is 2.09. The molecule has 0 saturated carbocycles. The first-order valence-electron chi connectivity index (χ1n) is 3.87. The Hall–Kier alpha value is -0.980. The Kier molecular flexibility index (Phi) is 1.11. The fourth-order valence-corrected chi connectivity index (χ4v) is 0.725. The average molecular weight is 123 g/mol. The summed E-state index contributed by atoms with van der Waals surface area (Å²) < 4.78 is 14.8. The summed E-state index contributed by atoms with van der Waals surface area (Å²) in [5.41, 5.74) is 6.64. The lowest BCUT2D eigenvalue weighted by atomic mass is 10.1. The van der Waals surface area contributed by atoms with Crippen molar-refractivity contribution in [3.05, 3.63) is 29.8 Å². The van der Waals surface area contributed by atoms with E-state index in [9.17, 15) is 0 Å². The molecule has 0 aromatic heterocycles. The van der Waals surface area contributed by atoms with Crippen molar-refractivity contribution in [1.82, 2.24) is 0 Å². The summed E-state index contributed by atoms with van der Waals surface area (Å²) in [6, 6.07) is 6.99. The molecule has 0 aliphatic heterocycles. The highest BCUT2D eigenvalue weighted by Gasteiger charge is 1.90. The maximum absolute atomic E-state index is 7.40. The van der Waals surface area contributed by atoms with E-state index in [2.05, 4.69) is 0 Å². The highest BCUT2D eigenvalue weighted by molar-refractivity contribution is 5.46. The first kappa shape index (κ1) is 3.94. The van der Waals surface area contributed by atoms with Gasteiger partial charge in [0.05, 0.1) is 0 Å². The molecule has 0 aliphatic rings. The second-order valence-electron chi connectivity index (χ2n) is 1.84. The van der Waals surface area contributed by atoms with Crippen molar-refractivity contribution < 1.29 is 2.74 Å². The number of benzene rings is 1. The van der Waals surface area contributed by atoms with Gasteiger partial charge in [-0.2, -0.15) is 0 Å². The Balaban J connectivity index is 3.14. The van der Waals surface area contributed by atoms with Crippen LogP contribution in [0.2, 0.25) is 0 Å². The van der Waals surface area contributed by atoms with Gasteiger partial charge < -0.3 is 5.73 Å². The van der Waals surface area contributed by atoms with Gasteiger partial charge in [0.15, 0.2) is 0 Å². The zero-order valence-corrected chi connectivity index (χ0v) is 5.39. The summed E-state index contributed by atoms with van der Waals surface area (Å²) in [7, 11) is 0. The van der Waals surface area contributed by atoms with Gasteiger partial charge in [0.2, 0.25) is 0 Å². The molecule has 1 aromatic rings. The van der Waals surface area contributed by atoms with Gasteiger partial charge in [-0.25, -0.2) is 0 Å². The first-order valence-corrected chi connectivity index (χ1v) is 2.87. The van der Waals surface area contributed by atoms with Gasteiger partial charge in [0.25, 0.3) is 0 Å². The molecular formula is C8H11N. The Bertz CT molecular complexity index is 253. The largest absolute Gasteiger partial charge is 0.399 e. The van der Waals surface area contributed by atoms with Gasteiger partial charge in [-0.15, -0.1) is 0 Å². The van der Waals surface area contributed by atoms with Crippen LogP contribution in [0.3, 0.4) is 0 Å². The van der Waals surface area contributed by atoms with Gasteiger partial charge in [-0.1, -0.05) is 25.1 Å². The molecule has 0 saturated heterocycles. The van der Waals surface area contributed by atoms with Crippen molar-refractivity contribution in [2.45, 2.75) is 13.3 Å². The molecule has 0 radical (unpaired) electrons. The molecular weight excluding hydrogens is 110 g/mol. The molecule has 9 heavy (non-hydrogen) atoms. The smallest absolute Gasteiger partial charge is 0.0346 e. The van der Waals surface area contributed by atoms with Crippen molar-refractivity contribution >= 4 is 5.69 Å². The number of para-hydroxylation sites is 1. The van der Waals surface area contributed by atoms with E-state index in [4.69, 9.17) is 8.48 Å². The molecule has 1 nitrogen and oxygen atoms in total. The summed E-state index contributed by atoms with van der Waals surface area (Å²) in [5, 5.41) is 0. The fourth-order valence-electron chi connectivity index (χ4n) is 0.725. The number of nitrogens with two attached hydrogens (primary N) is 1. The maximum atomic E-state index is 7.40. The lowest BCUT2D eigenvalue weighted by Gasteiger charge is -1.98. The molecule has 1 rings (SSSR count). The summed E-state index contributed by atoms with van der Waals surface area (Å²) in [6.45, 7) is 1.50. The molecule has 0 aliphatic carbocycles. The van der Waals surface area contributed by atoms with E-state index < -0.39 is 6.37 Å². The lowest BCUT2D eigenvalue weighted by Crippen LogP contribution is -1.90. The summed E-state index contributed by atoms with van der Waals surface area (Å²) >= 11 is 0. The molecule has 0 bridgehead atoms. The fraction of sp³-hybridized carbons (Fsp3) is 0.250. The normalized spacial score (nSPS) is 14.3. The van der Waals surface area contributed by atoms with Crippen LogP contribution in [-0.2, 0) is 6.37 Å². The number of rotatable bonds is 1. The molecule has 0 unspecified atom stereocenters. The van der Waals surface area contributed by atoms with Gasteiger partial charge in [-0.3, -0.25) is 0 Å². The van der Waals surface area contributed by atoms with E-state index in [0.29, 0.717) is 11.3 Å². The number of hydrogen-bond acceptors (Lipinski definition) is 1. The Morgan fingerprint density at radius 3 is 2.67 bits per heavy atom. The second kappa shape index (κ2) is 2.53. The average Bonchev–Trinajstić information content (AvgIpc) is 1.86. The van der Waals surface area contributed by atoms with E-state index in [-0.39, 0.29) is 0 Å². The maximum Gasteiger partial charge on any atom is 0.0346 e. The number of hydrogen-bond donors (Lipinski definition) is 1. The molecule has 0 fully saturated rings.